The van der Waals surface area contributed by atoms with Crippen LogP contribution in [0, 0.1) is 17.2 Å². The molecule has 1 saturated heterocycles. The number of fused-ring (bicyclic) bond motifs is 2. The number of aromatic amines is 1. The third-order valence-corrected chi connectivity index (χ3v) is 7.65. The molecule has 1 amide bonds. The molecule has 2 aromatic heterocycles. The molecule has 2 fully saturated rings. The Bertz CT molecular complexity index is 1720. The molecule has 0 radical (unpaired) electrons. The second kappa shape index (κ2) is 9.98. The molecule has 2 aliphatic rings. The summed E-state index contributed by atoms with van der Waals surface area (Å²) in [6, 6.07) is 11.8. The van der Waals surface area contributed by atoms with Gasteiger partial charge in [0.15, 0.2) is 0 Å². The zero-order valence-corrected chi connectivity index (χ0v) is 21.4. The molecule has 0 spiro atoms. The van der Waals surface area contributed by atoms with Crippen molar-refractivity contribution in [1.82, 2.24) is 24.6 Å². The van der Waals surface area contributed by atoms with Crippen molar-refractivity contribution in [2.75, 3.05) is 19.7 Å². The van der Waals surface area contributed by atoms with Crippen LogP contribution >= 0.6 is 0 Å². The van der Waals surface area contributed by atoms with E-state index in [0.717, 1.165) is 17.5 Å². The molecule has 206 valence electrons. The number of amides is 1. The average Bonchev–Trinajstić information content (AvgIpc) is 3.62. The summed E-state index contributed by atoms with van der Waals surface area (Å²) in [5.41, 5.74) is 0.291. The number of halogens is 2. The number of nitriles is 1. The lowest BCUT2D eigenvalue weighted by Gasteiger charge is -2.23. The zero-order valence-electron chi connectivity index (χ0n) is 21.4. The lowest BCUT2D eigenvalue weighted by molar-refractivity contribution is -0.132. The maximum absolute atomic E-state index is 13.2. The Morgan fingerprint density at radius 3 is 2.77 bits per heavy atom. The van der Waals surface area contributed by atoms with Crippen molar-refractivity contribution >= 4 is 27.7 Å². The number of H-pyrrole nitrogens is 1. The Morgan fingerprint density at radius 2 is 2.05 bits per heavy atom. The molecule has 10 nitrogen and oxygen atoms in total. The minimum atomic E-state index is -2.69. The number of rotatable bonds is 8. The predicted molar refractivity (Wildman–Crippen MR) is 140 cm³/mol. The van der Waals surface area contributed by atoms with Crippen LogP contribution < -0.4 is 10.3 Å². The maximum atomic E-state index is 13.2. The fraction of sp³-hybridized carbons (Fsp3) is 0.393. The summed E-state index contributed by atoms with van der Waals surface area (Å²) in [5.74, 6) is 0.433. The van der Waals surface area contributed by atoms with Gasteiger partial charge in [-0.2, -0.15) is 10.4 Å². The number of carbonyl (C=O) groups is 1. The first-order chi connectivity index (χ1) is 19.2. The Labute approximate surface area is 226 Å². The smallest absolute Gasteiger partial charge is 0.275 e. The molecule has 40 heavy (non-hydrogen) atoms. The van der Waals surface area contributed by atoms with Crippen LogP contribution in [-0.4, -0.2) is 67.4 Å². The number of imidazole rings is 1. The van der Waals surface area contributed by atoms with E-state index in [2.05, 4.69) is 15.1 Å². The van der Waals surface area contributed by atoms with Crippen molar-refractivity contribution in [2.45, 2.75) is 44.3 Å². The standard InChI is InChI=1S/C28H26F2N6O4/c29-24(30)14-40-23-10-22-21(9-16(23)12-31)32-25(33-22)11-20-18-3-1-2-4-19(18)27(38)36(34-20)13-26(37)35-8-7-28(39,15-35)17-5-6-17/h1-4,9-10,17,24,39H,5-8,11,13-15H2,(H,32,33). The highest BCUT2D eigenvalue weighted by Gasteiger charge is 2.48. The molecule has 1 unspecified atom stereocenters. The second-order valence-electron chi connectivity index (χ2n) is 10.4. The van der Waals surface area contributed by atoms with Gasteiger partial charge in [0.25, 0.3) is 12.0 Å². The number of benzene rings is 2. The van der Waals surface area contributed by atoms with E-state index in [-0.39, 0.29) is 42.6 Å². The number of nitrogens with one attached hydrogen (secondary N) is 1. The van der Waals surface area contributed by atoms with Gasteiger partial charge in [-0.05, 0) is 37.3 Å². The SMILES string of the molecule is N#Cc1cc2[nH]c(Cc3nn(CC(=O)N4CCC(O)(C5CC5)C4)c(=O)c4ccccc34)nc2cc1OCC(F)F. The van der Waals surface area contributed by atoms with Gasteiger partial charge in [0, 0.05) is 24.5 Å². The molecule has 2 aromatic carbocycles. The summed E-state index contributed by atoms with van der Waals surface area (Å²) >= 11 is 0. The van der Waals surface area contributed by atoms with Gasteiger partial charge in [-0.3, -0.25) is 9.59 Å². The normalized spacial score (nSPS) is 19.0. The molecule has 4 aromatic rings. The number of hydrogen-bond donors (Lipinski definition) is 2. The number of nitrogens with zero attached hydrogens (tertiary/aromatic N) is 5. The third-order valence-electron chi connectivity index (χ3n) is 7.65. The topological polar surface area (TPSA) is 137 Å². The molecular weight excluding hydrogens is 522 g/mol. The van der Waals surface area contributed by atoms with Crippen LogP contribution in [0.25, 0.3) is 21.8 Å². The number of β-amino-alcohol motifs (C(OH)–C–C–N with tert-alkyl or cyclic N) is 1. The Hall–Kier alpha value is -4.37. The van der Waals surface area contributed by atoms with E-state index in [1.165, 1.54) is 12.1 Å². The largest absolute Gasteiger partial charge is 0.486 e. The van der Waals surface area contributed by atoms with Crippen LogP contribution in [-0.2, 0) is 17.8 Å². The highest BCUT2D eigenvalue weighted by molar-refractivity contribution is 5.85. The lowest BCUT2D eigenvalue weighted by atomic mass is 9.97. The minimum Gasteiger partial charge on any atom is -0.486 e. The number of aromatic nitrogens is 4. The molecular formula is C28H26F2N6O4. The maximum Gasteiger partial charge on any atom is 0.275 e. The fourth-order valence-electron chi connectivity index (χ4n) is 5.45. The molecule has 3 heterocycles. The van der Waals surface area contributed by atoms with Gasteiger partial charge in [-0.15, -0.1) is 0 Å². The van der Waals surface area contributed by atoms with E-state index in [9.17, 15) is 28.7 Å². The molecule has 2 N–H and O–H groups in total. The monoisotopic (exact) mass is 548 g/mol. The molecule has 12 heteroatoms. The molecule has 1 atom stereocenters. The van der Waals surface area contributed by atoms with Crippen molar-refractivity contribution in [2.24, 2.45) is 5.92 Å². The van der Waals surface area contributed by atoms with E-state index in [1.54, 1.807) is 29.2 Å². The molecule has 1 saturated carbocycles. The van der Waals surface area contributed by atoms with Crippen molar-refractivity contribution in [3.63, 3.8) is 0 Å². The zero-order chi connectivity index (χ0) is 28.0. The number of hydrogen-bond acceptors (Lipinski definition) is 7. The first kappa shape index (κ1) is 25.9. The molecule has 6 rings (SSSR count). The Morgan fingerprint density at radius 1 is 1.27 bits per heavy atom. The number of likely N-dealkylation sites (tertiary alicyclic amines) is 1. The van der Waals surface area contributed by atoms with Crippen molar-refractivity contribution in [3.8, 4) is 11.8 Å². The third kappa shape index (κ3) is 4.88. The predicted octanol–water partition coefficient (Wildman–Crippen LogP) is 2.75. The van der Waals surface area contributed by atoms with Gasteiger partial charge in [0.2, 0.25) is 5.91 Å². The van der Waals surface area contributed by atoms with Crippen LogP contribution in [0.3, 0.4) is 0 Å². The van der Waals surface area contributed by atoms with Gasteiger partial charge < -0.3 is 19.7 Å². The van der Waals surface area contributed by atoms with Gasteiger partial charge >= 0.3 is 0 Å². The quantitative estimate of drug-likeness (QED) is 0.345. The van der Waals surface area contributed by atoms with E-state index >= 15 is 0 Å². The number of alkyl halides is 2. The fourth-order valence-corrected chi connectivity index (χ4v) is 5.45. The van der Waals surface area contributed by atoms with Gasteiger partial charge in [-0.25, -0.2) is 18.4 Å². The van der Waals surface area contributed by atoms with E-state index in [4.69, 9.17) is 4.74 Å². The number of aliphatic hydroxyl groups is 1. The second-order valence-corrected chi connectivity index (χ2v) is 10.4. The molecule has 0 bridgehead atoms. The molecule has 1 aliphatic heterocycles. The van der Waals surface area contributed by atoms with E-state index in [0.29, 0.717) is 46.3 Å². The van der Waals surface area contributed by atoms with Gasteiger partial charge in [-0.1, -0.05) is 18.2 Å². The van der Waals surface area contributed by atoms with Crippen LogP contribution in [0.5, 0.6) is 5.75 Å². The summed E-state index contributed by atoms with van der Waals surface area (Å²) in [6.07, 6.45) is -0.0459. The number of carbonyl (C=O) groups excluding carboxylic acids is 1. The summed E-state index contributed by atoms with van der Waals surface area (Å²) < 4.78 is 31.5. The van der Waals surface area contributed by atoms with Crippen LogP contribution in [0.15, 0.2) is 41.2 Å². The molecule has 1 aliphatic carbocycles. The summed E-state index contributed by atoms with van der Waals surface area (Å²) in [6.45, 7) is -0.398. The van der Waals surface area contributed by atoms with Gasteiger partial charge in [0.05, 0.1) is 39.7 Å². The first-order valence-corrected chi connectivity index (χ1v) is 13.1. The highest BCUT2D eigenvalue weighted by atomic mass is 19.3. The summed E-state index contributed by atoms with van der Waals surface area (Å²) in [4.78, 5) is 35.6. The van der Waals surface area contributed by atoms with Crippen LogP contribution in [0.1, 0.15) is 36.3 Å². The van der Waals surface area contributed by atoms with Crippen molar-refractivity contribution in [3.05, 3.63) is 63.8 Å². The Balaban J connectivity index is 1.30. The van der Waals surface area contributed by atoms with Crippen LogP contribution in [0.4, 0.5) is 8.78 Å². The summed E-state index contributed by atoms with van der Waals surface area (Å²) in [7, 11) is 0. The highest BCUT2D eigenvalue weighted by Crippen LogP contribution is 2.44. The van der Waals surface area contributed by atoms with E-state index in [1.807, 2.05) is 6.07 Å². The van der Waals surface area contributed by atoms with Gasteiger partial charge in [0.1, 0.15) is 30.8 Å². The lowest BCUT2D eigenvalue weighted by Crippen LogP contribution is -2.40. The number of ether oxygens (including phenoxy) is 1. The first-order valence-electron chi connectivity index (χ1n) is 13.1. The van der Waals surface area contributed by atoms with Crippen molar-refractivity contribution < 1.29 is 23.4 Å². The Kier molecular flexibility index (Phi) is 6.46. The average molecular weight is 549 g/mol. The minimum absolute atomic E-state index is 0.0134. The summed E-state index contributed by atoms with van der Waals surface area (Å²) in [5, 5.41) is 25.8. The van der Waals surface area contributed by atoms with E-state index < -0.39 is 24.2 Å². The van der Waals surface area contributed by atoms with Crippen LogP contribution in [0.2, 0.25) is 0 Å². The van der Waals surface area contributed by atoms with Crippen molar-refractivity contribution in [1.29, 1.82) is 5.26 Å².